The average molecular weight is 216 g/mol. The maximum absolute atomic E-state index is 10.3. The van der Waals surface area contributed by atoms with E-state index in [1.807, 2.05) is 0 Å². The van der Waals surface area contributed by atoms with Crippen LogP contribution in [0.4, 0.5) is 0 Å². The standard InChI is InChI=1S/C7H6BrNO2/c1-11-7-2-6(8)5(4-10)3-9-7/h2-4H,1H3. The van der Waals surface area contributed by atoms with Crippen molar-refractivity contribution in [3.8, 4) is 5.88 Å². The lowest BCUT2D eigenvalue weighted by atomic mass is 10.3. The van der Waals surface area contributed by atoms with Gasteiger partial charge in [-0.3, -0.25) is 4.79 Å². The molecule has 1 heterocycles. The van der Waals surface area contributed by atoms with Gasteiger partial charge in [-0.05, 0) is 15.9 Å². The Morgan fingerprint density at radius 1 is 1.73 bits per heavy atom. The average Bonchev–Trinajstić information content (AvgIpc) is 2.04. The van der Waals surface area contributed by atoms with Gasteiger partial charge in [0.05, 0.1) is 7.11 Å². The van der Waals surface area contributed by atoms with E-state index in [0.29, 0.717) is 15.9 Å². The van der Waals surface area contributed by atoms with Gasteiger partial charge >= 0.3 is 0 Å². The molecule has 0 N–H and O–H groups in total. The highest BCUT2D eigenvalue weighted by atomic mass is 79.9. The molecule has 0 bridgehead atoms. The molecule has 1 aromatic rings. The molecule has 0 saturated heterocycles. The van der Waals surface area contributed by atoms with Crippen molar-refractivity contribution in [1.82, 2.24) is 4.98 Å². The van der Waals surface area contributed by atoms with Gasteiger partial charge in [-0.2, -0.15) is 0 Å². The van der Waals surface area contributed by atoms with Crippen LogP contribution in [-0.4, -0.2) is 18.4 Å². The van der Waals surface area contributed by atoms with Gasteiger partial charge in [0, 0.05) is 22.3 Å². The Hall–Kier alpha value is -0.900. The summed E-state index contributed by atoms with van der Waals surface area (Å²) < 4.78 is 5.53. The van der Waals surface area contributed by atoms with E-state index in [0.717, 1.165) is 6.29 Å². The number of halogens is 1. The monoisotopic (exact) mass is 215 g/mol. The van der Waals surface area contributed by atoms with Crippen LogP contribution in [0.5, 0.6) is 5.88 Å². The van der Waals surface area contributed by atoms with Gasteiger partial charge in [-0.1, -0.05) is 0 Å². The van der Waals surface area contributed by atoms with E-state index in [2.05, 4.69) is 20.9 Å². The molecule has 3 nitrogen and oxygen atoms in total. The number of methoxy groups -OCH3 is 1. The highest BCUT2D eigenvalue weighted by Gasteiger charge is 2.00. The second kappa shape index (κ2) is 3.48. The highest BCUT2D eigenvalue weighted by molar-refractivity contribution is 9.10. The van der Waals surface area contributed by atoms with Crippen molar-refractivity contribution < 1.29 is 9.53 Å². The van der Waals surface area contributed by atoms with E-state index in [-0.39, 0.29) is 0 Å². The molecule has 0 atom stereocenters. The summed E-state index contributed by atoms with van der Waals surface area (Å²) in [6.45, 7) is 0. The minimum absolute atomic E-state index is 0.488. The third kappa shape index (κ3) is 1.77. The van der Waals surface area contributed by atoms with Crippen LogP contribution in [0.1, 0.15) is 10.4 Å². The van der Waals surface area contributed by atoms with Gasteiger partial charge in [0.25, 0.3) is 0 Å². The van der Waals surface area contributed by atoms with Crippen molar-refractivity contribution in [2.24, 2.45) is 0 Å². The lowest BCUT2D eigenvalue weighted by Crippen LogP contribution is -1.90. The van der Waals surface area contributed by atoms with Crippen LogP contribution in [0.15, 0.2) is 16.7 Å². The van der Waals surface area contributed by atoms with Crippen LogP contribution in [0, 0.1) is 0 Å². The van der Waals surface area contributed by atoms with Crippen molar-refractivity contribution in [1.29, 1.82) is 0 Å². The number of aldehydes is 1. The molecular weight excluding hydrogens is 210 g/mol. The fourth-order valence-electron chi connectivity index (χ4n) is 0.622. The van der Waals surface area contributed by atoms with Crippen LogP contribution in [0.3, 0.4) is 0 Å². The Kier molecular flexibility index (Phi) is 2.59. The topological polar surface area (TPSA) is 39.2 Å². The van der Waals surface area contributed by atoms with E-state index in [1.54, 1.807) is 6.07 Å². The van der Waals surface area contributed by atoms with E-state index >= 15 is 0 Å². The minimum Gasteiger partial charge on any atom is -0.481 e. The summed E-state index contributed by atoms with van der Waals surface area (Å²) in [6.07, 6.45) is 2.19. The van der Waals surface area contributed by atoms with Crippen LogP contribution in [-0.2, 0) is 0 Å². The first-order valence-electron chi connectivity index (χ1n) is 2.92. The molecule has 0 spiro atoms. The van der Waals surface area contributed by atoms with Crippen molar-refractivity contribution in [2.45, 2.75) is 0 Å². The number of carbonyl (C=O) groups is 1. The molecular formula is C7H6BrNO2. The third-order valence-corrected chi connectivity index (χ3v) is 1.88. The molecule has 1 rings (SSSR count). The van der Waals surface area contributed by atoms with Crippen LogP contribution in [0.25, 0.3) is 0 Å². The summed E-state index contributed by atoms with van der Waals surface area (Å²) in [5.74, 6) is 0.488. The van der Waals surface area contributed by atoms with E-state index in [9.17, 15) is 4.79 Å². The summed E-state index contributed by atoms with van der Waals surface area (Å²) in [4.78, 5) is 14.2. The number of carbonyl (C=O) groups excluding carboxylic acids is 1. The summed E-state index contributed by atoms with van der Waals surface area (Å²) >= 11 is 3.20. The van der Waals surface area contributed by atoms with E-state index in [1.165, 1.54) is 13.3 Å². The summed E-state index contributed by atoms with van der Waals surface area (Å²) in [6, 6.07) is 1.64. The maximum Gasteiger partial charge on any atom is 0.214 e. The zero-order chi connectivity index (χ0) is 8.27. The molecule has 0 aliphatic carbocycles. The molecule has 0 aliphatic heterocycles. The molecule has 11 heavy (non-hydrogen) atoms. The number of pyridine rings is 1. The van der Waals surface area contributed by atoms with Crippen molar-refractivity contribution in [2.75, 3.05) is 7.11 Å². The van der Waals surface area contributed by atoms with Crippen molar-refractivity contribution in [3.05, 3.63) is 22.3 Å². The van der Waals surface area contributed by atoms with E-state index < -0.39 is 0 Å². The predicted octanol–water partition coefficient (Wildman–Crippen LogP) is 1.67. The predicted molar refractivity (Wildman–Crippen MR) is 43.9 cm³/mol. The summed E-state index contributed by atoms with van der Waals surface area (Å²) in [5.41, 5.74) is 0.519. The molecule has 0 fully saturated rings. The number of aromatic nitrogens is 1. The zero-order valence-electron chi connectivity index (χ0n) is 5.87. The molecule has 0 unspecified atom stereocenters. The Bertz CT molecular complexity index is 275. The van der Waals surface area contributed by atoms with E-state index in [4.69, 9.17) is 4.74 Å². The molecule has 0 radical (unpaired) electrons. The first-order chi connectivity index (χ1) is 5.27. The first kappa shape index (κ1) is 8.20. The maximum atomic E-state index is 10.3. The second-order valence-electron chi connectivity index (χ2n) is 1.87. The lowest BCUT2D eigenvalue weighted by molar-refractivity contribution is 0.112. The van der Waals surface area contributed by atoms with Gasteiger partial charge in [0.15, 0.2) is 6.29 Å². The molecule has 1 aromatic heterocycles. The summed E-state index contributed by atoms with van der Waals surface area (Å²) in [7, 11) is 1.52. The van der Waals surface area contributed by atoms with Crippen LogP contribution in [0.2, 0.25) is 0 Å². The van der Waals surface area contributed by atoms with Gasteiger partial charge in [-0.15, -0.1) is 0 Å². The molecule has 0 aliphatic rings. The number of hydrogen-bond donors (Lipinski definition) is 0. The molecule has 0 saturated carbocycles. The fraction of sp³-hybridized carbons (Fsp3) is 0.143. The zero-order valence-corrected chi connectivity index (χ0v) is 7.46. The first-order valence-corrected chi connectivity index (χ1v) is 3.72. The third-order valence-electron chi connectivity index (χ3n) is 1.19. The van der Waals surface area contributed by atoms with Gasteiger partial charge < -0.3 is 4.74 Å². The Labute approximate surface area is 72.5 Å². The lowest BCUT2D eigenvalue weighted by Gasteiger charge is -1.99. The largest absolute Gasteiger partial charge is 0.481 e. The highest BCUT2D eigenvalue weighted by Crippen LogP contribution is 2.18. The normalized spacial score (nSPS) is 9.27. The second-order valence-corrected chi connectivity index (χ2v) is 2.72. The number of hydrogen-bond acceptors (Lipinski definition) is 3. The number of rotatable bonds is 2. The van der Waals surface area contributed by atoms with Crippen LogP contribution < -0.4 is 4.74 Å². The Morgan fingerprint density at radius 2 is 2.45 bits per heavy atom. The molecule has 0 amide bonds. The Balaban J connectivity index is 3.09. The molecule has 4 heteroatoms. The van der Waals surface area contributed by atoms with Crippen LogP contribution >= 0.6 is 15.9 Å². The molecule has 58 valence electrons. The van der Waals surface area contributed by atoms with Crippen molar-refractivity contribution >= 4 is 22.2 Å². The number of nitrogens with zero attached hydrogens (tertiary/aromatic N) is 1. The summed E-state index contributed by atoms with van der Waals surface area (Å²) in [5, 5.41) is 0. The smallest absolute Gasteiger partial charge is 0.214 e. The van der Waals surface area contributed by atoms with Gasteiger partial charge in [0.2, 0.25) is 5.88 Å². The quantitative estimate of drug-likeness (QED) is 0.705. The Morgan fingerprint density at radius 3 is 2.91 bits per heavy atom. The minimum atomic E-state index is 0.488. The van der Waals surface area contributed by atoms with Gasteiger partial charge in [0.1, 0.15) is 0 Å². The van der Waals surface area contributed by atoms with Crippen molar-refractivity contribution in [3.63, 3.8) is 0 Å². The SMILES string of the molecule is COc1cc(Br)c(C=O)cn1. The number of ether oxygens (including phenoxy) is 1. The van der Waals surface area contributed by atoms with Gasteiger partial charge in [-0.25, -0.2) is 4.98 Å². The molecule has 0 aromatic carbocycles. The fourth-order valence-corrected chi connectivity index (χ4v) is 1.01.